The zero-order valence-corrected chi connectivity index (χ0v) is 11.6. The van der Waals surface area contributed by atoms with Crippen molar-refractivity contribution in [1.82, 2.24) is 0 Å². The average Bonchev–Trinajstić information content (AvgIpc) is 2.39. The first-order valence-electron chi connectivity index (χ1n) is 6.06. The molecule has 0 amide bonds. The molecule has 0 atom stereocenters. The minimum absolute atomic E-state index is 0.131. The van der Waals surface area contributed by atoms with Crippen molar-refractivity contribution in [3.63, 3.8) is 0 Å². The van der Waals surface area contributed by atoms with Crippen LogP contribution < -0.4 is 9.47 Å². The Morgan fingerprint density at radius 3 is 2.16 bits per heavy atom. The van der Waals surface area contributed by atoms with Gasteiger partial charge in [0.15, 0.2) is 0 Å². The summed E-state index contributed by atoms with van der Waals surface area (Å²) in [7, 11) is 4.80. The van der Waals surface area contributed by atoms with Gasteiger partial charge in [-0.3, -0.25) is 4.79 Å². The molecule has 0 saturated heterocycles. The summed E-state index contributed by atoms with van der Waals surface area (Å²) in [6, 6.07) is 3.78. The van der Waals surface area contributed by atoms with Crippen LogP contribution in [0.2, 0.25) is 0 Å². The largest absolute Gasteiger partial charge is 0.496 e. The van der Waals surface area contributed by atoms with E-state index in [1.54, 1.807) is 21.3 Å². The summed E-state index contributed by atoms with van der Waals surface area (Å²) >= 11 is 0. The van der Waals surface area contributed by atoms with Crippen molar-refractivity contribution in [3.05, 3.63) is 23.3 Å². The van der Waals surface area contributed by atoms with E-state index in [0.29, 0.717) is 30.9 Å². The average molecular weight is 268 g/mol. The molecular weight excluding hydrogens is 248 g/mol. The van der Waals surface area contributed by atoms with Gasteiger partial charge in [0.25, 0.3) is 0 Å². The molecule has 0 radical (unpaired) electrons. The molecule has 0 bridgehead atoms. The van der Waals surface area contributed by atoms with Gasteiger partial charge in [0.05, 0.1) is 20.8 Å². The van der Waals surface area contributed by atoms with E-state index in [0.717, 1.165) is 11.1 Å². The van der Waals surface area contributed by atoms with Gasteiger partial charge >= 0.3 is 5.97 Å². The fraction of sp³-hybridized carbons (Fsp3) is 0.500. The number of carbonyl (C=O) groups is 1. The number of carboxylic acids is 1. The highest BCUT2D eigenvalue weighted by Gasteiger charge is 2.13. The van der Waals surface area contributed by atoms with E-state index in [-0.39, 0.29) is 6.42 Å². The monoisotopic (exact) mass is 268 g/mol. The second-order valence-corrected chi connectivity index (χ2v) is 4.16. The van der Waals surface area contributed by atoms with Gasteiger partial charge in [0.1, 0.15) is 11.5 Å². The Kier molecular flexibility index (Phi) is 6.15. The second kappa shape index (κ2) is 7.63. The Morgan fingerprint density at radius 1 is 1.16 bits per heavy atom. The topological polar surface area (TPSA) is 65.0 Å². The number of methoxy groups -OCH3 is 3. The van der Waals surface area contributed by atoms with E-state index in [2.05, 4.69) is 0 Å². The molecule has 0 heterocycles. The van der Waals surface area contributed by atoms with Gasteiger partial charge in [0.2, 0.25) is 0 Å². The van der Waals surface area contributed by atoms with Crippen molar-refractivity contribution in [2.24, 2.45) is 0 Å². The molecule has 0 fully saturated rings. The van der Waals surface area contributed by atoms with E-state index >= 15 is 0 Å². The lowest BCUT2D eigenvalue weighted by atomic mass is 10.0. The predicted octanol–water partition coefficient (Wildman–Crippen LogP) is 2.26. The van der Waals surface area contributed by atoms with Crippen LogP contribution in [0.3, 0.4) is 0 Å². The van der Waals surface area contributed by atoms with Crippen LogP contribution in [-0.2, 0) is 22.6 Å². The van der Waals surface area contributed by atoms with Crippen molar-refractivity contribution in [2.45, 2.75) is 25.9 Å². The number of carboxylic acid groups (broad SMARTS) is 1. The van der Waals surface area contributed by atoms with Crippen LogP contribution in [0.5, 0.6) is 11.5 Å². The van der Waals surface area contributed by atoms with E-state index in [4.69, 9.17) is 19.3 Å². The van der Waals surface area contributed by atoms with E-state index < -0.39 is 5.97 Å². The fourth-order valence-corrected chi connectivity index (χ4v) is 1.95. The summed E-state index contributed by atoms with van der Waals surface area (Å²) in [5.41, 5.74) is 1.85. The quantitative estimate of drug-likeness (QED) is 0.783. The molecule has 5 nitrogen and oxygen atoms in total. The smallest absolute Gasteiger partial charge is 0.303 e. The van der Waals surface area contributed by atoms with Crippen molar-refractivity contribution < 1.29 is 24.1 Å². The van der Waals surface area contributed by atoms with Crippen LogP contribution in [-0.4, -0.2) is 32.4 Å². The molecule has 0 aliphatic rings. The Balaban J connectivity index is 2.95. The third-order valence-electron chi connectivity index (χ3n) is 2.80. The summed E-state index contributed by atoms with van der Waals surface area (Å²) < 4.78 is 15.8. The van der Waals surface area contributed by atoms with Crippen LogP contribution in [0.25, 0.3) is 0 Å². The number of hydrogen-bond acceptors (Lipinski definition) is 4. The van der Waals surface area contributed by atoms with E-state index in [1.165, 1.54) is 0 Å². The van der Waals surface area contributed by atoms with Crippen molar-refractivity contribution in [2.75, 3.05) is 21.3 Å². The maximum atomic E-state index is 10.6. The first-order chi connectivity index (χ1) is 9.12. The summed E-state index contributed by atoms with van der Waals surface area (Å²) in [4.78, 5) is 10.6. The minimum Gasteiger partial charge on any atom is -0.496 e. The number of ether oxygens (including phenoxy) is 3. The van der Waals surface area contributed by atoms with E-state index in [1.807, 2.05) is 12.1 Å². The summed E-state index contributed by atoms with van der Waals surface area (Å²) in [5, 5.41) is 8.68. The Labute approximate surface area is 113 Å². The summed E-state index contributed by atoms with van der Waals surface area (Å²) in [5.74, 6) is 0.613. The highest BCUT2D eigenvalue weighted by molar-refractivity contribution is 5.66. The van der Waals surface area contributed by atoms with Gasteiger partial charge < -0.3 is 19.3 Å². The van der Waals surface area contributed by atoms with Gasteiger partial charge in [-0.05, 0) is 30.5 Å². The maximum Gasteiger partial charge on any atom is 0.303 e. The predicted molar refractivity (Wildman–Crippen MR) is 70.8 cm³/mol. The maximum absolute atomic E-state index is 10.6. The van der Waals surface area contributed by atoms with Gasteiger partial charge in [-0.25, -0.2) is 0 Å². The lowest BCUT2D eigenvalue weighted by Gasteiger charge is -2.15. The molecule has 0 unspecified atom stereocenters. The molecule has 19 heavy (non-hydrogen) atoms. The fourth-order valence-electron chi connectivity index (χ4n) is 1.95. The van der Waals surface area contributed by atoms with Crippen LogP contribution in [0.4, 0.5) is 0 Å². The van der Waals surface area contributed by atoms with Crippen molar-refractivity contribution in [1.29, 1.82) is 0 Å². The molecule has 1 rings (SSSR count). The number of aliphatic carboxylic acids is 1. The first-order valence-corrected chi connectivity index (χ1v) is 6.06. The third kappa shape index (κ3) is 4.44. The van der Waals surface area contributed by atoms with Crippen molar-refractivity contribution >= 4 is 5.97 Å². The van der Waals surface area contributed by atoms with Crippen molar-refractivity contribution in [3.8, 4) is 11.5 Å². The number of benzene rings is 1. The Morgan fingerprint density at radius 2 is 1.74 bits per heavy atom. The van der Waals surface area contributed by atoms with Gasteiger partial charge in [-0.15, -0.1) is 0 Å². The molecule has 106 valence electrons. The Bertz CT molecular complexity index is 403. The van der Waals surface area contributed by atoms with Crippen LogP contribution >= 0.6 is 0 Å². The zero-order valence-electron chi connectivity index (χ0n) is 11.6. The summed E-state index contributed by atoms with van der Waals surface area (Å²) in [6.45, 7) is 0.474. The van der Waals surface area contributed by atoms with Crippen LogP contribution in [0, 0.1) is 0 Å². The molecule has 1 aromatic carbocycles. The molecule has 1 N–H and O–H groups in total. The van der Waals surface area contributed by atoms with E-state index in [9.17, 15) is 4.79 Å². The molecule has 0 aliphatic carbocycles. The standard InChI is InChI=1S/C14H20O5/c1-17-9-10-7-12(18-2)11(13(8-10)19-3)5-4-6-14(15)16/h7-8H,4-6,9H2,1-3H3,(H,15,16). The third-order valence-corrected chi connectivity index (χ3v) is 2.80. The Hall–Kier alpha value is -1.75. The zero-order chi connectivity index (χ0) is 14.3. The van der Waals surface area contributed by atoms with Crippen LogP contribution in [0.1, 0.15) is 24.0 Å². The molecule has 0 aliphatic heterocycles. The highest BCUT2D eigenvalue weighted by Crippen LogP contribution is 2.32. The molecule has 0 spiro atoms. The summed E-state index contributed by atoms with van der Waals surface area (Å²) in [6.07, 6.45) is 1.28. The SMILES string of the molecule is COCc1cc(OC)c(CCCC(=O)O)c(OC)c1. The minimum atomic E-state index is -0.797. The molecule has 1 aromatic rings. The lowest BCUT2D eigenvalue weighted by Crippen LogP contribution is -2.02. The second-order valence-electron chi connectivity index (χ2n) is 4.16. The first kappa shape index (κ1) is 15.3. The van der Waals surface area contributed by atoms with Crippen LogP contribution in [0.15, 0.2) is 12.1 Å². The molecule has 0 aromatic heterocycles. The normalized spacial score (nSPS) is 10.3. The van der Waals surface area contributed by atoms with Gasteiger partial charge in [0, 0.05) is 19.1 Å². The molecule has 0 saturated carbocycles. The number of hydrogen-bond donors (Lipinski definition) is 1. The highest BCUT2D eigenvalue weighted by atomic mass is 16.5. The molecule has 5 heteroatoms. The molecular formula is C14H20O5. The lowest BCUT2D eigenvalue weighted by molar-refractivity contribution is -0.137. The van der Waals surface area contributed by atoms with Gasteiger partial charge in [-0.1, -0.05) is 0 Å². The number of rotatable bonds is 8. The van der Waals surface area contributed by atoms with Gasteiger partial charge in [-0.2, -0.15) is 0 Å².